The van der Waals surface area contributed by atoms with Gasteiger partial charge >= 0.3 is 0 Å². The molecule has 4 rings (SSSR count). The molecule has 0 atom stereocenters. The van der Waals surface area contributed by atoms with Crippen molar-refractivity contribution in [2.24, 2.45) is 7.05 Å². The van der Waals surface area contributed by atoms with Crippen LogP contribution >= 0.6 is 11.3 Å². The highest BCUT2D eigenvalue weighted by Gasteiger charge is 2.13. The summed E-state index contributed by atoms with van der Waals surface area (Å²) in [6.45, 7) is 0. The maximum Gasteiger partial charge on any atom is 0.140 e. The van der Waals surface area contributed by atoms with Gasteiger partial charge in [0.25, 0.3) is 0 Å². The van der Waals surface area contributed by atoms with E-state index >= 15 is 0 Å². The van der Waals surface area contributed by atoms with Gasteiger partial charge in [0.15, 0.2) is 0 Å². The van der Waals surface area contributed by atoms with Gasteiger partial charge in [-0.25, -0.2) is 14.4 Å². The molecule has 1 aromatic carbocycles. The van der Waals surface area contributed by atoms with E-state index in [1.54, 1.807) is 12.3 Å². The maximum atomic E-state index is 13.4. The van der Waals surface area contributed by atoms with E-state index in [0.29, 0.717) is 0 Å². The lowest BCUT2D eigenvalue weighted by Gasteiger charge is -1.96. The average molecular weight is 309 g/mol. The maximum absolute atomic E-state index is 13.4. The minimum Gasteiger partial charge on any atom is -0.335 e. The summed E-state index contributed by atoms with van der Waals surface area (Å²) in [5, 5.41) is 3.89. The van der Waals surface area contributed by atoms with Gasteiger partial charge in [-0.1, -0.05) is 12.1 Å². The van der Waals surface area contributed by atoms with Crippen molar-refractivity contribution in [2.45, 2.75) is 0 Å². The van der Waals surface area contributed by atoms with E-state index in [-0.39, 0.29) is 5.82 Å². The lowest BCUT2D eigenvalue weighted by atomic mass is 10.2. The first kappa shape index (κ1) is 13.2. The minimum absolute atomic E-state index is 0.247. The highest BCUT2D eigenvalue weighted by Crippen LogP contribution is 2.33. The van der Waals surface area contributed by atoms with Crippen LogP contribution in [0.15, 0.2) is 54.2 Å². The zero-order valence-corrected chi connectivity index (χ0v) is 12.6. The molecule has 0 saturated heterocycles. The monoisotopic (exact) mass is 309 g/mol. The zero-order valence-electron chi connectivity index (χ0n) is 11.8. The Kier molecular flexibility index (Phi) is 3.01. The van der Waals surface area contributed by atoms with E-state index in [9.17, 15) is 4.39 Å². The van der Waals surface area contributed by atoms with Crippen LogP contribution in [0.3, 0.4) is 0 Å². The van der Waals surface area contributed by atoms with E-state index in [0.717, 1.165) is 32.9 Å². The predicted octanol–water partition coefficient (Wildman–Crippen LogP) is 4.50. The van der Waals surface area contributed by atoms with Crippen LogP contribution in [0.1, 0.15) is 0 Å². The van der Waals surface area contributed by atoms with Gasteiger partial charge in [0.1, 0.15) is 16.5 Å². The molecular weight excluding hydrogens is 297 g/mol. The van der Waals surface area contributed by atoms with E-state index in [1.807, 2.05) is 41.4 Å². The van der Waals surface area contributed by atoms with Crippen LogP contribution in [0.2, 0.25) is 0 Å². The first-order chi connectivity index (χ1) is 10.7. The molecule has 5 heteroatoms. The molecule has 3 heterocycles. The van der Waals surface area contributed by atoms with Crippen LogP contribution in [0.25, 0.3) is 32.9 Å². The van der Waals surface area contributed by atoms with Crippen molar-refractivity contribution >= 4 is 22.4 Å². The van der Waals surface area contributed by atoms with Crippen LogP contribution in [-0.4, -0.2) is 14.5 Å². The number of hydrogen-bond donors (Lipinski definition) is 0. The van der Waals surface area contributed by atoms with E-state index in [4.69, 9.17) is 0 Å². The van der Waals surface area contributed by atoms with E-state index in [2.05, 4.69) is 9.97 Å². The molecule has 108 valence electrons. The summed E-state index contributed by atoms with van der Waals surface area (Å²) >= 11 is 1.52. The summed E-state index contributed by atoms with van der Waals surface area (Å²) < 4.78 is 15.4. The van der Waals surface area contributed by atoms with E-state index in [1.165, 1.54) is 23.5 Å². The van der Waals surface area contributed by atoms with Crippen molar-refractivity contribution in [1.82, 2.24) is 14.5 Å². The van der Waals surface area contributed by atoms with Crippen LogP contribution in [0.5, 0.6) is 0 Å². The Labute approximate surface area is 130 Å². The SMILES string of the molecule is Cn1cc(-c2csc(-c3cccc(F)c3)n2)c2cccnc21. The highest BCUT2D eigenvalue weighted by molar-refractivity contribution is 7.13. The molecule has 22 heavy (non-hydrogen) atoms. The summed E-state index contributed by atoms with van der Waals surface area (Å²) in [5.41, 5.74) is 3.67. The molecular formula is C17H12FN3S. The topological polar surface area (TPSA) is 30.7 Å². The van der Waals surface area contributed by atoms with Gasteiger partial charge in [-0.2, -0.15) is 0 Å². The molecule has 0 fully saturated rings. The number of pyridine rings is 1. The second kappa shape index (κ2) is 5.03. The van der Waals surface area contributed by atoms with Crippen LogP contribution in [-0.2, 0) is 7.05 Å². The number of benzene rings is 1. The number of nitrogens with zero attached hydrogens (tertiary/aromatic N) is 3. The fourth-order valence-corrected chi connectivity index (χ4v) is 3.39. The molecule has 0 bridgehead atoms. The van der Waals surface area contributed by atoms with Crippen molar-refractivity contribution < 1.29 is 4.39 Å². The Balaban J connectivity index is 1.84. The molecule has 0 aliphatic heterocycles. The van der Waals surface area contributed by atoms with Crippen molar-refractivity contribution in [2.75, 3.05) is 0 Å². The fourth-order valence-electron chi connectivity index (χ4n) is 2.57. The predicted molar refractivity (Wildman–Crippen MR) is 87.2 cm³/mol. The highest BCUT2D eigenvalue weighted by atomic mass is 32.1. The smallest absolute Gasteiger partial charge is 0.140 e. The van der Waals surface area contributed by atoms with Gasteiger partial charge in [-0.05, 0) is 24.3 Å². The van der Waals surface area contributed by atoms with Crippen molar-refractivity contribution in [3.05, 3.63) is 60.0 Å². The van der Waals surface area contributed by atoms with Crippen molar-refractivity contribution in [3.8, 4) is 21.8 Å². The van der Waals surface area contributed by atoms with Crippen LogP contribution in [0, 0.1) is 5.82 Å². The fraction of sp³-hybridized carbons (Fsp3) is 0.0588. The summed E-state index contributed by atoms with van der Waals surface area (Å²) in [6, 6.07) is 10.5. The molecule has 0 radical (unpaired) electrons. The number of thiazole rings is 1. The second-order valence-corrected chi connectivity index (χ2v) is 5.93. The van der Waals surface area contributed by atoms with Gasteiger partial charge in [-0.3, -0.25) is 0 Å². The van der Waals surface area contributed by atoms with Gasteiger partial charge in [0, 0.05) is 41.3 Å². The van der Waals surface area contributed by atoms with Crippen molar-refractivity contribution in [3.63, 3.8) is 0 Å². The average Bonchev–Trinajstić information content (AvgIpc) is 3.13. The van der Waals surface area contributed by atoms with Crippen molar-refractivity contribution in [1.29, 1.82) is 0 Å². The molecule has 3 nitrogen and oxygen atoms in total. The van der Waals surface area contributed by atoms with Gasteiger partial charge < -0.3 is 4.57 Å². The number of halogens is 1. The first-order valence-electron chi connectivity index (χ1n) is 6.84. The number of aryl methyl sites for hydroxylation is 1. The largest absolute Gasteiger partial charge is 0.335 e. The molecule has 0 spiro atoms. The molecule has 0 aliphatic carbocycles. The second-order valence-electron chi connectivity index (χ2n) is 5.08. The third-order valence-electron chi connectivity index (χ3n) is 3.59. The Hall–Kier alpha value is -2.53. The Morgan fingerprint density at radius 1 is 1.18 bits per heavy atom. The van der Waals surface area contributed by atoms with Crippen LogP contribution in [0.4, 0.5) is 4.39 Å². The zero-order chi connectivity index (χ0) is 15.1. The molecule has 0 N–H and O–H groups in total. The third-order valence-corrected chi connectivity index (χ3v) is 4.48. The molecule has 3 aromatic heterocycles. The standard InChI is InChI=1S/C17H12FN3S/c1-21-9-14(13-6-3-7-19-16(13)21)15-10-22-17(20-15)11-4-2-5-12(18)8-11/h2-10H,1H3. The summed E-state index contributed by atoms with van der Waals surface area (Å²) in [4.78, 5) is 9.06. The quantitative estimate of drug-likeness (QED) is 0.546. The Morgan fingerprint density at radius 3 is 2.95 bits per heavy atom. The minimum atomic E-state index is -0.247. The Bertz CT molecular complexity index is 971. The third kappa shape index (κ3) is 2.10. The molecule has 0 aliphatic rings. The normalized spacial score (nSPS) is 11.2. The number of rotatable bonds is 2. The van der Waals surface area contributed by atoms with Crippen LogP contribution < -0.4 is 0 Å². The summed E-state index contributed by atoms with van der Waals surface area (Å²) in [5.74, 6) is -0.247. The molecule has 0 unspecified atom stereocenters. The lowest BCUT2D eigenvalue weighted by molar-refractivity contribution is 0.628. The number of aromatic nitrogens is 3. The van der Waals surface area contributed by atoms with Gasteiger partial charge in [0.05, 0.1) is 5.69 Å². The number of fused-ring (bicyclic) bond motifs is 1. The summed E-state index contributed by atoms with van der Waals surface area (Å²) in [7, 11) is 1.97. The lowest BCUT2D eigenvalue weighted by Crippen LogP contribution is -1.85. The number of hydrogen-bond acceptors (Lipinski definition) is 3. The molecule has 0 saturated carbocycles. The van der Waals surface area contributed by atoms with E-state index < -0.39 is 0 Å². The molecule has 0 amide bonds. The molecule has 4 aromatic rings. The first-order valence-corrected chi connectivity index (χ1v) is 7.72. The van der Waals surface area contributed by atoms with Gasteiger partial charge in [-0.15, -0.1) is 11.3 Å². The van der Waals surface area contributed by atoms with Gasteiger partial charge in [0.2, 0.25) is 0 Å². The Morgan fingerprint density at radius 2 is 2.09 bits per heavy atom. The summed E-state index contributed by atoms with van der Waals surface area (Å²) in [6.07, 6.45) is 3.81.